The molecule has 3 aromatic carbocycles. The van der Waals surface area contributed by atoms with Crippen LogP contribution in [0.15, 0.2) is 89.7 Å². The zero-order valence-electron chi connectivity index (χ0n) is 19.3. The summed E-state index contributed by atoms with van der Waals surface area (Å²) in [4.78, 5) is 30.3. The summed E-state index contributed by atoms with van der Waals surface area (Å²) in [6.07, 6.45) is 0.574. The molecule has 7 heteroatoms. The van der Waals surface area contributed by atoms with Crippen molar-refractivity contribution in [2.75, 3.05) is 14.1 Å². The molecule has 0 unspecified atom stereocenters. The fourth-order valence-corrected chi connectivity index (χ4v) is 4.25. The molecule has 0 aliphatic carbocycles. The molecule has 0 aliphatic heterocycles. The van der Waals surface area contributed by atoms with Gasteiger partial charge in [0.15, 0.2) is 0 Å². The summed E-state index contributed by atoms with van der Waals surface area (Å²) in [6, 6.07) is 26.3. The Morgan fingerprint density at radius 2 is 1.60 bits per heavy atom. The maximum Gasteiger partial charge on any atom is 0.274 e. The predicted octanol–water partition coefficient (Wildman–Crippen LogP) is 5.30. The van der Waals surface area contributed by atoms with E-state index in [4.69, 9.17) is 11.6 Å². The lowest BCUT2D eigenvalue weighted by atomic mass is 10.0. The molecule has 0 radical (unpaired) electrons. The van der Waals surface area contributed by atoms with Crippen molar-refractivity contribution >= 4 is 23.2 Å². The molecule has 1 N–H and O–H groups in total. The zero-order valence-corrected chi connectivity index (χ0v) is 20.1. The lowest BCUT2D eigenvalue weighted by Gasteiger charge is -2.11. The second-order valence-electron chi connectivity index (χ2n) is 8.55. The lowest BCUT2D eigenvalue weighted by molar-refractivity contribution is 0.0827. The molecule has 0 spiro atoms. The highest BCUT2D eigenvalue weighted by molar-refractivity contribution is 6.30. The highest BCUT2D eigenvalue weighted by Crippen LogP contribution is 2.31. The highest BCUT2D eigenvalue weighted by Gasteiger charge is 2.19. The van der Waals surface area contributed by atoms with Gasteiger partial charge in [-0.3, -0.25) is 9.59 Å². The Bertz CT molecular complexity index is 1570. The van der Waals surface area contributed by atoms with Crippen LogP contribution >= 0.6 is 11.6 Å². The number of halogens is 1. The van der Waals surface area contributed by atoms with E-state index < -0.39 is 0 Å². The van der Waals surface area contributed by atoms with Gasteiger partial charge in [-0.1, -0.05) is 66.2 Å². The third kappa shape index (κ3) is 4.48. The predicted molar refractivity (Wildman–Crippen MR) is 139 cm³/mol. The lowest BCUT2D eigenvalue weighted by Crippen LogP contribution is -2.21. The van der Waals surface area contributed by atoms with E-state index in [0.29, 0.717) is 28.3 Å². The molecule has 1 amide bonds. The van der Waals surface area contributed by atoms with Gasteiger partial charge in [-0.2, -0.15) is 9.61 Å². The van der Waals surface area contributed by atoms with Crippen LogP contribution in [0.2, 0.25) is 5.02 Å². The van der Waals surface area contributed by atoms with Gasteiger partial charge in [0.1, 0.15) is 5.65 Å². The van der Waals surface area contributed by atoms with Gasteiger partial charge in [0, 0.05) is 42.7 Å². The molecular formula is C28H23ClN4O2. The third-order valence-corrected chi connectivity index (χ3v) is 6.14. The maximum atomic E-state index is 13.1. The molecule has 2 heterocycles. The number of nitrogens with zero attached hydrogens (tertiary/aromatic N) is 3. The van der Waals surface area contributed by atoms with Gasteiger partial charge in [-0.25, -0.2) is 0 Å². The molecule has 0 atom stereocenters. The summed E-state index contributed by atoms with van der Waals surface area (Å²) in [6.45, 7) is 0. The van der Waals surface area contributed by atoms with Crippen LogP contribution in [0.5, 0.6) is 0 Å². The molecule has 0 saturated carbocycles. The molecular weight excluding hydrogens is 460 g/mol. The molecule has 0 bridgehead atoms. The Labute approximate surface area is 207 Å². The Hall–Kier alpha value is -4.16. The van der Waals surface area contributed by atoms with Crippen LogP contribution in [0.3, 0.4) is 0 Å². The van der Waals surface area contributed by atoms with E-state index in [-0.39, 0.29) is 11.5 Å². The van der Waals surface area contributed by atoms with Crippen molar-refractivity contribution in [1.29, 1.82) is 0 Å². The molecule has 2 aromatic heterocycles. The number of hydrogen-bond donors (Lipinski definition) is 1. The second kappa shape index (κ2) is 9.24. The van der Waals surface area contributed by atoms with Crippen LogP contribution in [-0.2, 0) is 6.42 Å². The Morgan fingerprint density at radius 3 is 2.26 bits per heavy atom. The van der Waals surface area contributed by atoms with Crippen molar-refractivity contribution in [1.82, 2.24) is 19.5 Å². The van der Waals surface area contributed by atoms with E-state index >= 15 is 0 Å². The van der Waals surface area contributed by atoms with Crippen molar-refractivity contribution in [3.8, 4) is 22.4 Å². The molecule has 5 aromatic rings. The van der Waals surface area contributed by atoms with Crippen molar-refractivity contribution < 1.29 is 4.79 Å². The zero-order chi connectivity index (χ0) is 24.5. The fraction of sp³-hybridized carbons (Fsp3) is 0.107. The van der Waals surface area contributed by atoms with Crippen molar-refractivity contribution in [2.24, 2.45) is 0 Å². The number of carbonyl (C=O) groups excluding carboxylic acids is 1. The van der Waals surface area contributed by atoms with E-state index in [0.717, 1.165) is 27.9 Å². The van der Waals surface area contributed by atoms with E-state index in [1.165, 1.54) is 15.5 Å². The first-order chi connectivity index (χ1) is 16.9. The monoisotopic (exact) mass is 482 g/mol. The molecule has 0 aliphatic rings. The van der Waals surface area contributed by atoms with Crippen LogP contribution in [0.4, 0.5) is 0 Å². The smallest absolute Gasteiger partial charge is 0.274 e. The van der Waals surface area contributed by atoms with Crippen LogP contribution in [0, 0.1) is 0 Å². The number of H-pyrrole nitrogens is 1. The Morgan fingerprint density at radius 1 is 0.943 bits per heavy atom. The van der Waals surface area contributed by atoms with E-state index in [9.17, 15) is 9.59 Å². The van der Waals surface area contributed by atoms with Crippen LogP contribution < -0.4 is 5.56 Å². The summed E-state index contributed by atoms with van der Waals surface area (Å²) >= 11 is 6.14. The normalized spacial score (nSPS) is 11.1. The van der Waals surface area contributed by atoms with Gasteiger partial charge in [0.05, 0.1) is 11.4 Å². The summed E-state index contributed by atoms with van der Waals surface area (Å²) in [5.41, 5.74) is 6.04. The maximum absolute atomic E-state index is 13.1. The SMILES string of the molecule is CN(C)C(=O)c1ccc(-c2cc(=O)n3nc(Cc4ccccc4)c(-c4ccc(Cl)cc4)c3[nH]2)cc1. The number of rotatable bonds is 5. The number of carbonyl (C=O) groups is 1. The van der Waals surface area contributed by atoms with Gasteiger partial charge >= 0.3 is 0 Å². The Kier molecular flexibility index (Phi) is 5.97. The van der Waals surface area contributed by atoms with Crippen molar-refractivity contribution in [3.05, 3.63) is 117 Å². The van der Waals surface area contributed by atoms with Gasteiger partial charge in [0.2, 0.25) is 0 Å². The number of aromatic nitrogens is 3. The number of nitrogens with one attached hydrogen (secondary N) is 1. The third-order valence-electron chi connectivity index (χ3n) is 5.88. The van der Waals surface area contributed by atoms with Gasteiger partial charge < -0.3 is 9.88 Å². The molecule has 0 fully saturated rings. The number of hydrogen-bond acceptors (Lipinski definition) is 3. The first-order valence-corrected chi connectivity index (χ1v) is 11.6. The topological polar surface area (TPSA) is 70.5 Å². The average molecular weight is 483 g/mol. The quantitative estimate of drug-likeness (QED) is 0.369. The number of fused-ring (bicyclic) bond motifs is 1. The minimum absolute atomic E-state index is 0.0770. The first kappa shape index (κ1) is 22.6. The second-order valence-corrected chi connectivity index (χ2v) is 8.99. The van der Waals surface area contributed by atoms with E-state index in [2.05, 4.69) is 10.1 Å². The minimum Gasteiger partial charge on any atom is -0.345 e. The van der Waals surface area contributed by atoms with Crippen LogP contribution in [0.25, 0.3) is 28.0 Å². The van der Waals surface area contributed by atoms with Gasteiger partial charge in [-0.15, -0.1) is 0 Å². The number of aromatic amines is 1. The fourth-order valence-electron chi connectivity index (χ4n) is 4.13. The summed E-state index contributed by atoms with van der Waals surface area (Å²) in [7, 11) is 3.43. The van der Waals surface area contributed by atoms with Crippen molar-refractivity contribution in [3.63, 3.8) is 0 Å². The van der Waals surface area contributed by atoms with Crippen LogP contribution in [0.1, 0.15) is 21.6 Å². The van der Waals surface area contributed by atoms with Gasteiger partial charge in [-0.05, 0) is 41.0 Å². The largest absolute Gasteiger partial charge is 0.345 e. The molecule has 35 heavy (non-hydrogen) atoms. The van der Waals surface area contributed by atoms with Gasteiger partial charge in [0.25, 0.3) is 11.5 Å². The standard InChI is InChI=1S/C28H23ClN4O2/c1-32(2)28(35)21-10-8-19(9-11-21)23-17-25(34)33-27(30-23)26(20-12-14-22(29)15-13-20)24(31-33)16-18-6-4-3-5-7-18/h3-15,17,30H,16H2,1-2H3. The molecule has 5 rings (SSSR count). The molecule has 0 saturated heterocycles. The summed E-state index contributed by atoms with van der Waals surface area (Å²) in [5, 5.41) is 5.32. The number of amides is 1. The average Bonchev–Trinajstić information content (AvgIpc) is 3.23. The van der Waals surface area contributed by atoms with E-state index in [1.54, 1.807) is 26.2 Å². The Balaban J connectivity index is 1.67. The summed E-state index contributed by atoms with van der Waals surface area (Å²) in [5.74, 6) is -0.0770. The highest BCUT2D eigenvalue weighted by atomic mass is 35.5. The van der Waals surface area contributed by atoms with Crippen molar-refractivity contribution in [2.45, 2.75) is 6.42 Å². The summed E-state index contributed by atoms with van der Waals surface area (Å²) < 4.78 is 1.41. The van der Waals surface area contributed by atoms with Crippen LogP contribution in [-0.4, -0.2) is 39.5 Å². The first-order valence-electron chi connectivity index (χ1n) is 11.2. The minimum atomic E-state index is -0.239. The molecule has 174 valence electrons. The molecule has 6 nitrogen and oxygen atoms in total. The van der Waals surface area contributed by atoms with E-state index in [1.807, 2.05) is 66.7 Å². The number of benzene rings is 3.